The molecule has 0 aliphatic heterocycles. The van der Waals surface area contributed by atoms with Gasteiger partial charge in [0, 0.05) is 36.3 Å². The topological polar surface area (TPSA) is 124 Å². The van der Waals surface area contributed by atoms with Gasteiger partial charge in [0.25, 0.3) is 0 Å². The maximum absolute atomic E-state index is 12.0. The molecule has 2 aromatic rings. The van der Waals surface area contributed by atoms with Crippen LogP contribution in [0.3, 0.4) is 0 Å². The Bertz CT molecular complexity index is 788. The normalized spacial score (nSPS) is 20.1. The first-order chi connectivity index (χ1) is 13.5. The molecule has 0 saturated heterocycles. The summed E-state index contributed by atoms with van der Waals surface area (Å²) in [6.07, 6.45) is 4.18. The number of carbonyl (C=O) groups excluding carboxylic acids is 1. The Kier molecular flexibility index (Phi) is 6.33. The Hall–Kier alpha value is -2.84. The van der Waals surface area contributed by atoms with E-state index >= 15 is 0 Å². The number of nitrogens with one attached hydrogen (secondary N) is 2. The number of hydrogen-bond donors (Lipinski definition) is 3. The van der Waals surface area contributed by atoms with E-state index in [2.05, 4.69) is 34.5 Å². The van der Waals surface area contributed by atoms with E-state index in [0.717, 1.165) is 31.4 Å². The smallest absolute Gasteiger partial charge is 0.407 e. The minimum Gasteiger partial charge on any atom is -0.465 e. The third kappa shape index (κ3) is 4.90. The van der Waals surface area contributed by atoms with Gasteiger partial charge >= 0.3 is 6.09 Å². The Morgan fingerprint density at radius 2 is 2.29 bits per heavy atom. The molecular weight excluding hydrogens is 362 g/mol. The molecule has 9 nitrogen and oxygen atoms in total. The summed E-state index contributed by atoms with van der Waals surface area (Å²) >= 11 is 0. The number of carbonyl (C=O) groups is 2. The molecule has 0 spiro atoms. The average molecular weight is 389 g/mol. The van der Waals surface area contributed by atoms with Crippen molar-refractivity contribution in [1.82, 2.24) is 20.3 Å². The Morgan fingerprint density at radius 1 is 1.46 bits per heavy atom. The van der Waals surface area contributed by atoms with Gasteiger partial charge in [0.15, 0.2) is 5.82 Å². The molecule has 3 atom stereocenters. The quantitative estimate of drug-likeness (QED) is 0.636. The van der Waals surface area contributed by atoms with Gasteiger partial charge in [-0.05, 0) is 25.2 Å². The average Bonchev–Trinajstić information content (AvgIpc) is 3.40. The predicted molar refractivity (Wildman–Crippen MR) is 102 cm³/mol. The van der Waals surface area contributed by atoms with Crippen LogP contribution in [-0.4, -0.2) is 49.9 Å². The highest BCUT2D eigenvalue weighted by Crippen LogP contribution is 2.37. The van der Waals surface area contributed by atoms with Gasteiger partial charge in [-0.3, -0.25) is 9.89 Å². The fourth-order valence-electron chi connectivity index (χ4n) is 3.66. The van der Waals surface area contributed by atoms with Crippen LogP contribution in [-0.2, 0) is 11.2 Å². The summed E-state index contributed by atoms with van der Waals surface area (Å²) in [6, 6.07) is 3.48. The number of amides is 2. The van der Waals surface area contributed by atoms with Crippen molar-refractivity contribution in [2.45, 2.75) is 57.9 Å². The molecule has 0 bridgehead atoms. The highest BCUT2D eigenvalue weighted by molar-refractivity contribution is 5.91. The van der Waals surface area contributed by atoms with Crippen LogP contribution in [0.25, 0.3) is 0 Å². The molecule has 2 heterocycles. The molecule has 28 heavy (non-hydrogen) atoms. The van der Waals surface area contributed by atoms with E-state index in [1.807, 2.05) is 6.07 Å². The molecule has 1 unspecified atom stereocenters. The minimum absolute atomic E-state index is 0.0179. The second-order valence-electron chi connectivity index (χ2n) is 7.52. The van der Waals surface area contributed by atoms with Gasteiger partial charge in [-0.2, -0.15) is 5.10 Å². The molecule has 152 valence electrons. The van der Waals surface area contributed by atoms with Crippen molar-refractivity contribution in [3.8, 4) is 0 Å². The number of nitrogens with zero attached hydrogens (tertiary/aromatic N) is 3. The zero-order valence-electron chi connectivity index (χ0n) is 16.2. The Labute approximate surface area is 163 Å². The van der Waals surface area contributed by atoms with Crippen LogP contribution in [0.1, 0.15) is 56.9 Å². The van der Waals surface area contributed by atoms with Gasteiger partial charge in [-0.15, -0.1) is 0 Å². The van der Waals surface area contributed by atoms with Gasteiger partial charge in [0.1, 0.15) is 5.76 Å². The van der Waals surface area contributed by atoms with Crippen LogP contribution in [0.2, 0.25) is 0 Å². The Balaban J connectivity index is 1.56. The van der Waals surface area contributed by atoms with E-state index in [0.29, 0.717) is 24.0 Å². The molecular formula is C19H27N5O4. The first-order valence-corrected chi connectivity index (χ1v) is 9.70. The third-order valence-corrected chi connectivity index (χ3v) is 5.43. The van der Waals surface area contributed by atoms with Crippen LogP contribution < -0.4 is 5.32 Å². The molecule has 3 rings (SSSR count). The van der Waals surface area contributed by atoms with E-state index in [-0.39, 0.29) is 24.3 Å². The highest BCUT2D eigenvalue weighted by Gasteiger charge is 2.34. The molecule has 2 aromatic heterocycles. The fraction of sp³-hybridized carbons (Fsp3) is 0.579. The van der Waals surface area contributed by atoms with E-state index in [4.69, 9.17) is 4.52 Å². The SMILES string of the molecule is CCC(C)CN(C(=O)O)[C@@H]1CC[C@H](c2cc(NC(=O)Cc3ccno3)n[nH]2)C1. The van der Waals surface area contributed by atoms with Gasteiger partial charge in [0.2, 0.25) is 5.91 Å². The number of aromatic amines is 1. The summed E-state index contributed by atoms with van der Waals surface area (Å²) in [5.41, 5.74) is 0.923. The molecule has 0 aromatic carbocycles. The number of carboxylic acid groups (broad SMARTS) is 1. The van der Waals surface area contributed by atoms with Crippen molar-refractivity contribution in [2.75, 3.05) is 11.9 Å². The number of hydrogen-bond acceptors (Lipinski definition) is 5. The summed E-state index contributed by atoms with van der Waals surface area (Å²) in [5.74, 6) is 1.26. The molecule has 1 aliphatic carbocycles. The van der Waals surface area contributed by atoms with E-state index in [1.54, 1.807) is 11.0 Å². The Morgan fingerprint density at radius 3 is 2.96 bits per heavy atom. The lowest BCUT2D eigenvalue weighted by Gasteiger charge is -2.28. The maximum atomic E-state index is 12.0. The number of anilines is 1. The highest BCUT2D eigenvalue weighted by atomic mass is 16.5. The second kappa shape index (κ2) is 8.90. The van der Waals surface area contributed by atoms with Crippen molar-refractivity contribution in [2.24, 2.45) is 5.92 Å². The lowest BCUT2D eigenvalue weighted by atomic mass is 10.0. The van der Waals surface area contributed by atoms with Crippen molar-refractivity contribution in [3.63, 3.8) is 0 Å². The van der Waals surface area contributed by atoms with Crippen LogP contribution in [0, 0.1) is 5.92 Å². The maximum Gasteiger partial charge on any atom is 0.407 e. The number of rotatable bonds is 8. The van der Waals surface area contributed by atoms with Gasteiger partial charge in [0.05, 0.1) is 12.6 Å². The largest absolute Gasteiger partial charge is 0.465 e. The monoisotopic (exact) mass is 389 g/mol. The summed E-state index contributed by atoms with van der Waals surface area (Å²) < 4.78 is 4.93. The van der Waals surface area contributed by atoms with Crippen molar-refractivity contribution in [1.29, 1.82) is 0 Å². The molecule has 9 heteroatoms. The third-order valence-electron chi connectivity index (χ3n) is 5.43. The number of H-pyrrole nitrogens is 1. The zero-order valence-corrected chi connectivity index (χ0v) is 16.2. The molecule has 1 fully saturated rings. The molecule has 1 saturated carbocycles. The van der Waals surface area contributed by atoms with Crippen LogP contribution in [0.15, 0.2) is 22.9 Å². The predicted octanol–water partition coefficient (Wildman–Crippen LogP) is 3.24. The summed E-state index contributed by atoms with van der Waals surface area (Å²) in [4.78, 5) is 25.3. The van der Waals surface area contributed by atoms with E-state index < -0.39 is 6.09 Å². The van der Waals surface area contributed by atoms with E-state index in [1.165, 1.54) is 6.20 Å². The molecule has 0 radical (unpaired) electrons. The standard InChI is InChI=1S/C19H27N5O4/c1-3-12(2)11-24(19(26)27)14-5-4-13(8-14)16-10-17(23-22-16)21-18(25)9-15-6-7-20-28-15/h6-7,10,12-14H,3-5,8-9,11H2,1-2H3,(H,26,27)(H2,21,22,23,25)/t12?,13-,14+/m0/s1. The van der Waals surface area contributed by atoms with Crippen LogP contribution >= 0.6 is 0 Å². The first-order valence-electron chi connectivity index (χ1n) is 9.70. The lowest BCUT2D eigenvalue weighted by Crippen LogP contribution is -2.40. The zero-order chi connectivity index (χ0) is 20.1. The van der Waals surface area contributed by atoms with Gasteiger partial charge in [-0.1, -0.05) is 25.4 Å². The lowest BCUT2D eigenvalue weighted by molar-refractivity contribution is -0.115. The summed E-state index contributed by atoms with van der Waals surface area (Å²) in [7, 11) is 0. The number of aromatic nitrogens is 3. The van der Waals surface area contributed by atoms with Crippen molar-refractivity contribution >= 4 is 17.8 Å². The summed E-state index contributed by atoms with van der Waals surface area (Å²) in [6.45, 7) is 4.71. The van der Waals surface area contributed by atoms with Gasteiger partial charge < -0.3 is 19.8 Å². The van der Waals surface area contributed by atoms with Crippen molar-refractivity contribution < 1.29 is 19.2 Å². The first kappa shape index (κ1) is 19.9. The minimum atomic E-state index is -0.851. The summed E-state index contributed by atoms with van der Waals surface area (Å²) in [5, 5.41) is 23.0. The molecule has 3 N–H and O–H groups in total. The second-order valence-corrected chi connectivity index (χ2v) is 7.52. The molecule has 1 aliphatic rings. The van der Waals surface area contributed by atoms with Crippen LogP contribution in [0.5, 0.6) is 0 Å². The van der Waals surface area contributed by atoms with Gasteiger partial charge in [-0.25, -0.2) is 4.79 Å². The molecule has 2 amide bonds. The fourth-order valence-corrected chi connectivity index (χ4v) is 3.66. The van der Waals surface area contributed by atoms with Crippen molar-refractivity contribution in [3.05, 3.63) is 29.8 Å². The van der Waals surface area contributed by atoms with Crippen LogP contribution in [0.4, 0.5) is 10.6 Å². The van der Waals surface area contributed by atoms with E-state index in [9.17, 15) is 14.7 Å².